The van der Waals surface area contributed by atoms with Crippen molar-refractivity contribution in [1.82, 2.24) is 10.2 Å². The Bertz CT molecular complexity index is 627. The fourth-order valence-corrected chi connectivity index (χ4v) is 2.21. The molecule has 1 aliphatic rings. The lowest BCUT2D eigenvalue weighted by Gasteiger charge is -2.16. The monoisotopic (exact) mass is 293 g/mol. The molecule has 2 amide bonds. The molecule has 5 nitrogen and oxygen atoms in total. The maximum Gasteiger partial charge on any atom is 0.226 e. The van der Waals surface area contributed by atoms with Crippen LogP contribution in [0.1, 0.15) is 18.0 Å². The molecule has 0 saturated carbocycles. The summed E-state index contributed by atoms with van der Waals surface area (Å²) in [5, 5.41) is 11.5. The van der Waals surface area contributed by atoms with Crippen LogP contribution in [0.3, 0.4) is 0 Å². The molecule has 0 unspecified atom stereocenters. The Morgan fingerprint density at radius 3 is 2.76 bits per heavy atom. The van der Waals surface area contributed by atoms with Gasteiger partial charge < -0.3 is 10.2 Å². The van der Waals surface area contributed by atoms with Crippen LogP contribution < -0.4 is 5.32 Å². The minimum atomic E-state index is -1.22. The molecule has 2 atom stereocenters. The van der Waals surface area contributed by atoms with Gasteiger partial charge in [0.05, 0.1) is 12.0 Å². The Morgan fingerprint density at radius 1 is 1.52 bits per heavy atom. The number of hydrogen-bond acceptors (Lipinski definition) is 3. The zero-order valence-electron chi connectivity index (χ0n) is 11.3. The van der Waals surface area contributed by atoms with Crippen LogP contribution >= 0.6 is 0 Å². The van der Waals surface area contributed by atoms with Crippen molar-refractivity contribution in [3.63, 3.8) is 0 Å². The van der Waals surface area contributed by atoms with Crippen LogP contribution in [-0.2, 0) is 9.59 Å². The lowest BCUT2D eigenvalue weighted by molar-refractivity contribution is -0.128. The van der Waals surface area contributed by atoms with Crippen LogP contribution in [0.2, 0.25) is 0 Å². The summed E-state index contributed by atoms with van der Waals surface area (Å²) in [7, 11) is 1.58. The van der Waals surface area contributed by atoms with Gasteiger partial charge in [-0.15, -0.1) is 0 Å². The zero-order valence-corrected chi connectivity index (χ0v) is 11.3. The molecule has 1 aliphatic heterocycles. The zero-order chi connectivity index (χ0) is 15.6. The summed E-state index contributed by atoms with van der Waals surface area (Å²) in [6.07, 6.45) is 0.0619. The second kappa shape index (κ2) is 5.87. The number of hydrogen-bond donors (Lipinski definition) is 1. The predicted molar refractivity (Wildman–Crippen MR) is 68.6 cm³/mol. The van der Waals surface area contributed by atoms with Crippen molar-refractivity contribution >= 4 is 11.8 Å². The Kier molecular flexibility index (Phi) is 4.17. The van der Waals surface area contributed by atoms with Crippen LogP contribution in [-0.4, -0.2) is 30.3 Å². The molecular weight excluding hydrogens is 280 g/mol. The van der Waals surface area contributed by atoms with Crippen LogP contribution in [0, 0.1) is 28.9 Å². The van der Waals surface area contributed by atoms with Crippen LogP contribution in [0.15, 0.2) is 18.2 Å². The van der Waals surface area contributed by atoms with Gasteiger partial charge in [0.2, 0.25) is 11.8 Å². The molecule has 1 aromatic carbocycles. The van der Waals surface area contributed by atoms with E-state index in [1.165, 1.54) is 4.90 Å². The number of likely N-dealkylation sites (tertiary alicyclic amines) is 1. The minimum absolute atomic E-state index is 0.0619. The molecule has 110 valence electrons. The molecule has 1 heterocycles. The number of rotatable bonds is 3. The average molecular weight is 293 g/mol. The summed E-state index contributed by atoms with van der Waals surface area (Å²) < 4.78 is 26.5. The molecule has 0 spiro atoms. The molecule has 1 saturated heterocycles. The molecule has 7 heteroatoms. The van der Waals surface area contributed by atoms with E-state index in [0.717, 1.165) is 12.1 Å². The highest BCUT2D eigenvalue weighted by Crippen LogP contribution is 2.21. The maximum atomic E-state index is 13.6. The predicted octanol–water partition coefficient (Wildman–Crippen LogP) is 1.12. The summed E-state index contributed by atoms with van der Waals surface area (Å²) in [5.74, 6) is -2.88. The molecular formula is C14H13F2N3O2. The van der Waals surface area contributed by atoms with E-state index >= 15 is 0 Å². The van der Waals surface area contributed by atoms with Gasteiger partial charge in [-0.25, -0.2) is 8.78 Å². The van der Waals surface area contributed by atoms with Gasteiger partial charge in [-0.05, 0) is 6.07 Å². The Hall–Kier alpha value is -2.49. The molecule has 21 heavy (non-hydrogen) atoms. The third-order valence-corrected chi connectivity index (χ3v) is 3.40. The number of carbonyl (C=O) groups is 2. The van der Waals surface area contributed by atoms with Gasteiger partial charge in [0.25, 0.3) is 0 Å². The van der Waals surface area contributed by atoms with Gasteiger partial charge in [0.1, 0.15) is 17.7 Å². The van der Waals surface area contributed by atoms with E-state index in [9.17, 15) is 18.4 Å². The molecule has 1 aromatic rings. The second-order valence-electron chi connectivity index (χ2n) is 4.91. The number of benzene rings is 1. The van der Waals surface area contributed by atoms with Gasteiger partial charge in [0.15, 0.2) is 0 Å². The van der Waals surface area contributed by atoms with E-state index in [-0.39, 0.29) is 24.4 Å². The number of nitriles is 1. The first kappa shape index (κ1) is 14.9. The maximum absolute atomic E-state index is 13.6. The van der Waals surface area contributed by atoms with Crippen LogP contribution in [0.4, 0.5) is 8.78 Å². The van der Waals surface area contributed by atoms with Crippen molar-refractivity contribution in [1.29, 1.82) is 5.26 Å². The lowest BCUT2D eigenvalue weighted by Crippen LogP contribution is -2.35. The number of nitrogens with zero attached hydrogens (tertiary/aromatic N) is 2. The normalized spacial score (nSPS) is 19.2. The van der Waals surface area contributed by atoms with Gasteiger partial charge >= 0.3 is 0 Å². The smallest absolute Gasteiger partial charge is 0.226 e. The standard InChI is InChI=1S/C14H13F2N3O2/c1-19-7-8(4-13(19)20)14(21)18-12(6-17)10-3-2-9(15)5-11(10)16/h2-3,5,8,12H,4,7H2,1H3,(H,18,21)/t8-,12+/m1/s1. The SMILES string of the molecule is CN1C[C@H](C(=O)N[C@@H](C#N)c2ccc(F)cc2F)CC1=O. The van der Waals surface area contributed by atoms with Gasteiger partial charge in [-0.2, -0.15) is 5.26 Å². The topological polar surface area (TPSA) is 73.2 Å². The Morgan fingerprint density at radius 2 is 2.24 bits per heavy atom. The summed E-state index contributed by atoms with van der Waals surface area (Å²) in [6.45, 7) is 0.259. The fourth-order valence-electron chi connectivity index (χ4n) is 2.21. The van der Waals surface area contributed by atoms with Crippen molar-refractivity contribution in [3.8, 4) is 6.07 Å². The fraction of sp³-hybridized carbons (Fsp3) is 0.357. The summed E-state index contributed by atoms with van der Waals surface area (Å²) in [5.41, 5.74) is -0.107. The quantitative estimate of drug-likeness (QED) is 0.907. The van der Waals surface area contributed by atoms with Gasteiger partial charge in [-0.1, -0.05) is 6.07 Å². The van der Waals surface area contributed by atoms with Crippen molar-refractivity contribution in [2.45, 2.75) is 12.5 Å². The second-order valence-corrected chi connectivity index (χ2v) is 4.91. The molecule has 1 fully saturated rings. The Balaban J connectivity index is 2.11. The number of halogens is 2. The van der Waals surface area contributed by atoms with Crippen molar-refractivity contribution in [2.24, 2.45) is 5.92 Å². The molecule has 0 bridgehead atoms. The van der Waals surface area contributed by atoms with Crippen LogP contribution in [0.5, 0.6) is 0 Å². The van der Waals surface area contributed by atoms with E-state index in [1.54, 1.807) is 13.1 Å². The Labute approximate surface area is 120 Å². The number of carbonyl (C=O) groups excluding carboxylic acids is 2. The molecule has 0 aromatic heterocycles. The molecule has 0 radical (unpaired) electrons. The summed E-state index contributed by atoms with van der Waals surface area (Å²) in [6, 6.07) is 3.32. The highest BCUT2D eigenvalue weighted by atomic mass is 19.1. The van der Waals surface area contributed by atoms with E-state index < -0.39 is 29.5 Å². The van der Waals surface area contributed by atoms with Gasteiger partial charge in [0, 0.05) is 31.6 Å². The van der Waals surface area contributed by atoms with E-state index in [2.05, 4.69) is 5.32 Å². The van der Waals surface area contributed by atoms with Gasteiger partial charge in [-0.3, -0.25) is 9.59 Å². The molecule has 2 rings (SSSR count). The van der Waals surface area contributed by atoms with Crippen molar-refractivity contribution < 1.29 is 18.4 Å². The highest BCUT2D eigenvalue weighted by Gasteiger charge is 2.33. The molecule has 1 N–H and O–H groups in total. The lowest BCUT2D eigenvalue weighted by atomic mass is 10.0. The van der Waals surface area contributed by atoms with Crippen LogP contribution in [0.25, 0.3) is 0 Å². The first-order valence-corrected chi connectivity index (χ1v) is 6.31. The van der Waals surface area contributed by atoms with E-state index in [4.69, 9.17) is 5.26 Å². The van der Waals surface area contributed by atoms with Crippen molar-refractivity contribution in [3.05, 3.63) is 35.4 Å². The molecule has 0 aliphatic carbocycles. The third-order valence-electron chi connectivity index (χ3n) is 3.40. The average Bonchev–Trinajstić information content (AvgIpc) is 2.76. The first-order valence-electron chi connectivity index (χ1n) is 6.31. The number of amides is 2. The first-order chi connectivity index (χ1) is 9.92. The van der Waals surface area contributed by atoms with E-state index in [1.807, 2.05) is 0 Å². The highest BCUT2D eigenvalue weighted by molar-refractivity contribution is 5.89. The van der Waals surface area contributed by atoms with Crippen molar-refractivity contribution in [2.75, 3.05) is 13.6 Å². The van der Waals surface area contributed by atoms with E-state index in [0.29, 0.717) is 6.07 Å². The number of nitrogens with one attached hydrogen (secondary N) is 1. The summed E-state index contributed by atoms with van der Waals surface area (Å²) >= 11 is 0. The largest absolute Gasteiger partial charge is 0.345 e. The minimum Gasteiger partial charge on any atom is -0.345 e. The third kappa shape index (κ3) is 3.16. The summed E-state index contributed by atoms with van der Waals surface area (Å²) in [4.78, 5) is 24.8.